The highest BCUT2D eigenvalue weighted by atomic mass is 32.2. The first-order valence-electron chi connectivity index (χ1n) is 8.64. The number of aromatic nitrogens is 2. The third kappa shape index (κ3) is 5.30. The number of nitrogens with zero attached hydrogens (tertiary/aromatic N) is 3. The van der Waals surface area contributed by atoms with Crippen LogP contribution >= 0.6 is 11.5 Å². The molecule has 1 fully saturated rings. The molecule has 1 aliphatic heterocycles. The van der Waals surface area contributed by atoms with Crippen LogP contribution in [0.2, 0.25) is 0 Å². The van der Waals surface area contributed by atoms with Crippen molar-refractivity contribution in [1.29, 1.82) is 0 Å². The summed E-state index contributed by atoms with van der Waals surface area (Å²) >= 11 is 1.10. The van der Waals surface area contributed by atoms with E-state index in [1.807, 2.05) is 0 Å². The number of aryl methyl sites for hydroxylation is 1. The molecule has 10 heteroatoms. The van der Waals surface area contributed by atoms with E-state index in [0.717, 1.165) is 24.4 Å². The van der Waals surface area contributed by atoms with Crippen molar-refractivity contribution in [1.82, 2.24) is 19.2 Å². The van der Waals surface area contributed by atoms with Crippen LogP contribution in [-0.4, -0.2) is 48.4 Å². The van der Waals surface area contributed by atoms with Crippen molar-refractivity contribution in [3.05, 3.63) is 46.2 Å². The molecule has 1 N–H and O–H groups in total. The lowest BCUT2D eigenvalue weighted by Gasteiger charge is -2.31. The average Bonchev–Trinajstić information content (AvgIpc) is 3.05. The van der Waals surface area contributed by atoms with Gasteiger partial charge in [0.1, 0.15) is 10.7 Å². The lowest BCUT2D eigenvalue weighted by Crippen LogP contribution is -2.41. The fourth-order valence-corrected chi connectivity index (χ4v) is 4.89. The first kappa shape index (κ1) is 19.8. The molecule has 2 heterocycles. The van der Waals surface area contributed by atoms with Crippen molar-refractivity contribution < 1.29 is 17.6 Å². The van der Waals surface area contributed by atoms with Crippen LogP contribution in [0, 0.1) is 18.7 Å². The van der Waals surface area contributed by atoms with E-state index >= 15 is 0 Å². The van der Waals surface area contributed by atoms with Crippen LogP contribution in [0.1, 0.15) is 33.8 Å². The molecule has 0 spiro atoms. The second-order valence-electron chi connectivity index (χ2n) is 6.66. The van der Waals surface area contributed by atoms with E-state index in [0.29, 0.717) is 35.8 Å². The minimum Gasteiger partial charge on any atom is -0.338 e. The Hall–Kier alpha value is -1.91. The molecule has 0 aliphatic carbocycles. The fourth-order valence-electron chi connectivity index (χ4n) is 3.05. The summed E-state index contributed by atoms with van der Waals surface area (Å²) in [5, 5.41) is 3.86. The second kappa shape index (κ2) is 8.41. The minimum atomic E-state index is -3.53. The molecule has 0 radical (unpaired) electrons. The number of sulfonamides is 1. The summed E-state index contributed by atoms with van der Waals surface area (Å²) in [6.45, 7) is 3.23. The Labute approximate surface area is 161 Å². The Morgan fingerprint density at radius 3 is 2.74 bits per heavy atom. The van der Waals surface area contributed by atoms with Gasteiger partial charge in [-0.15, -0.1) is 5.10 Å². The molecular weight excluding hydrogens is 391 g/mol. The summed E-state index contributed by atoms with van der Waals surface area (Å²) in [7, 11) is -3.53. The predicted molar refractivity (Wildman–Crippen MR) is 100 cm³/mol. The molecule has 146 valence electrons. The third-order valence-electron chi connectivity index (χ3n) is 4.59. The smallest absolute Gasteiger partial charge is 0.267 e. The van der Waals surface area contributed by atoms with Gasteiger partial charge in [0.15, 0.2) is 0 Å². The largest absolute Gasteiger partial charge is 0.338 e. The van der Waals surface area contributed by atoms with Crippen LogP contribution in [0.4, 0.5) is 4.39 Å². The Balaban J connectivity index is 1.48. The van der Waals surface area contributed by atoms with E-state index in [2.05, 4.69) is 14.3 Å². The zero-order valence-corrected chi connectivity index (χ0v) is 16.5. The fraction of sp³-hybridized carbons (Fsp3) is 0.471. The highest BCUT2D eigenvalue weighted by molar-refractivity contribution is 7.88. The van der Waals surface area contributed by atoms with Crippen LogP contribution in [0.25, 0.3) is 0 Å². The predicted octanol–water partition coefficient (Wildman–Crippen LogP) is 1.96. The SMILES string of the molecule is Cc1nnsc1C(=O)N1CCC(CNS(=O)(=O)Cc2cccc(F)c2)CC1. The number of hydrogen-bond donors (Lipinski definition) is 1. The number of carbonyl (C=O) groups excluding carboxylic acids is 1. The van der Waals surface area contributed by atoms with Crippen molar-refractivity contribution in [2.45, 2.75) is 25.5 Å². The topological polar surface area (TPSA) is 92.3 Å². The standard InChI is InChI=1S/C17H21FN4O3S2/c1-12-16(26-21-20-12)17(23)22-7-5-13(6-8-22)10-19-27(24,25)11-14-3-2-4-15(18)9-14/h2-4,9,13,19H,5-8,10-11H2,1H3. The van der Waals surface area contributed by atoms with Gasteiger partial charge >= 0.3 is 0 Å². The number of amides is 1. The zero-order chi connectivity index (χ0) is 19.4. The van der Waals surface area contributed by atoms with Crippen LogP contribution in [0.5, 0.6) is 0 Å². The van der Waals surface area contributed by atoms with Gasteiger partial charge in [-0.3, -0.25) is 4.79 Å². The zero-order valence-electron chi connectivity index (χ0n) is 14.9. The van der Waals surface area contributed by atoms with Gasteiger partial charge in [-0.05, 0) is 54.9 Å². The summed E-state index contributed by atoms with van der Waals surface area (Å²) in [5.74, 6) is -0.601. The van der Waals surface area contributed by atoms with Gasteiger partial charge in [0.05, 0.1) is 11.4 Å². The second-order valence-corrected chi connectivity index (χ2v) is 9.22. The Kier molecular flexibility index (Phi) is 6.18. The molecule has 1 aliphatic rings. The van der Waals surface area contributed by atoms with Crippen molar-refractivity contribution in [3.63, 3.8) is 0 Å². The number of halogens is 1. The van der Waals surface area contributed by atoms with Crippen molar-refractivity contribution in [2.24, 2.45) is 5.92 Å². The maximum absolute atomic E-state index is 13.2. The number of benzene rings is 1. The number of rotatable bonds is 6. The first-order chi connectivity index (χ1) is 12.8. The minimum absolute atomic E-state index is 0.0624. The molecule has 1 amide bonds. The molecule has 0 atom stereocenters. The Morgan fingerprint density at radius 2 is 2.11 bits per heavy atom. The molecule has 1 aromatic carbocycles. The summed E-state index contributed by atoms with van der Waals surface area (Å²) in [6, 6.07) is 5.58. The molecule has 7 nitrogen and oxygen atoms in total. The van der Waals surface area contributed by atoms with Crippen LogP contribution in [-0.2, 0) is 15.8 Å². The first-order valence-corrected chi connectivity index (χ1v) is 11.1. The van der Waals surface area contributed by atoms with Gasteiger partial charge in [0.2, 0.25) is 10.0 Å². The van der Waals surface area contributed by atoms with E-state index in [1.165, 1.54) is 18.2 Å². The van der Waals surface area contributed by atoms with E-state index < -0.39 is 15.8 Å². The van der Waals surface area contributed by atoms with E-state index in [-0.39, 0.29) is 17.6 Å². The third-order valence-corrected chi connectivity index (χ3v) is 6.72. The van der Waals surface area contributed by atoms with E-state index in [1.54, 1.807) is 17.9 Å². The Bertz CT molecular complexity index is 908. The average molecular weight is 413 g/mol. The number of carbonyl (C=O) groups is 1. The summed E-state index contributed by atoms with van der Waals surface area (Å²) in [5.41, 5.74) is 1.05. The molecule has 1 saturated heterocycles. The summed E-state index contributed by atoms with van der Waals surface area (Å²) in [4.78, 5) is 14.8. The van der Waals surface area contributed by atoms with Gasteiger partial charge in [0.25, 0.3) is 5.91 Å². The number of piperidine rings is 1. The molecule has 0 saturated carbocycles. The lowest BCUT2D eigenvalue weighted by atomic mass is 9.97. The van der Waals surface area contributed by atoms with E-state index in [4.69, 9.17) is 0 Å². The number of likely N-dealkylation sites (tertiary alicyclic amines) is 1. The molecule has 1 aromatic heterocycles. The van der Waals surface area contributed by atoms with Crippen molar-refractivity contribution in [3.8, 4) is 0 Å². The van der Waals surface area contributed by atoms with Crippen LogP contribution in [0.15, 0.2) is 24.3 Å². The quantitative estimate of drug-likeness (QED) is 0.783. The lowest BCUT2D eigenvalue weighted by molar-refractivity contribution is 0.0696. The van der Waals surface area contributed by atoms with Crippen molar-refractivity contribution >= 4 is 27.5 Å². The van der Waals surface area contributed by atoms with Gasteiger partial charge in [0, 0.05) is 19.6 Å². The highest BCUT2D eigenvalue weighted by Crippen LogP contribution is 2.21. The monoisotopic (exact) mass is 412 g/mol. The van der Waals surface area contributed by atoms with E-state index in [9.17, 15) is 17.6 Å². The molecule has 2 aromatic rings. The molecule has 3 rings (SSSR count). The summed E-state index contributed by atoms with van der Waals surface area (Å²) in [6.07, 6.45) is 1.44. The highest BCUT2D eigenvalue weighted by Gasteiger charge is 2.26. The van der Waals surface area contributed by atoms with Crippen LogP contribution in [0.3, 0.4) is 0 Å². The molecule has 0 bridgehead atoms. The van der Waals surface area contributed by atoms with Gasteiger partial charge in [-0.2, -0.15) is 0 Å². The number of hydrogen-bond acceptors (Lipinski definition) is 6. The van der Waals surface area contributed by atoms with Gasteiger partial charge in [-0.1, -0.05) is 16.6 Å². The van der Waals surface area contributed by atoms with Crippen LogP contribution < -0.4 is 4.72 Å². The molecule has 27 heavy (non-hydrogen) atoms. The maximum Gasteiger partial charge on any atom is 0.267 e. The molecule has 0 unspecified atom stereocenters. The number of nitrogens with one attached hydrogen (secondary N) is 1. The Morgan fingerprint density at radius 1 is 1.37 bits per heavy atom. The van der Waals surface area contributed by atoms with Crippen molar-refractivity contribution in [2.75, 3.05) is 19.6 Å². The van der Waals surface area contributed by atoms with Gasteiger partial charge in [-0.25, -0.2) is 17.5 Å². The molecular formula is C17H21FN4O3S2. The normalized spacial score (nSPS) is 15.9. The summed E-state index contributed by atoms with van der Waals surface area (Å²) < 4.78 is 44.0. The van der Waals surface area contributed by atoms with Gasteiger partial charge < -0.3 is 4.90 Å². The maximum atomic E-state index is 13.2.